The number of fused-ring (bicyclic) bond motifs is 1. The molecular weight excluding hydrogens is 289 g/mol. The molecule has 1 aromatic rings. The van der Waals surface area contributed by atoms with Gasteiger partial charge < -0.3 is 14.0 Å². The fourth-order valence-electron chi connectivity index (χ4n) is 1.39. The molecule has 0 aliphatic carbocycles. The lowest BCUT2D eigenvalue weighted by Gasteiger charge is -2.22. The molecule has 19 heavy (non-hydrogen) atoms. The van der Waals surface area contributed by atoms with Crippen LogP contribution in [0.25, 0.3) is 5.76 Å². The third-order valence-electron chi connectivity index (χ3n) is 2.18. The van der Waals surface area contributed by atoms with Gasteiger partial charge >= 0.3 is 15.6 Å². The Morgan fingerprint density at radius 3 is 2.53 bits per heavy atom. The van der Waals surface area contributed by atoms with E-state index < -0.39 is 27.7 Å². The Morgan fingerprint density at radius 1 is 1.26 bits per heavy atom. The first-order valence-electron chi connectivity index (χ1n) is 4.87. The molecular formula is C10H7F3O5S. The van der Waals surface area contributed by atoms with E-state index in [1.807, 2.05) is 0 Å². The molecule has 1 heterocycles. The molecule has 0 saturated carbocycles. The highest BCUT2D eigenvalue weighted by molar-refractivity contribution is 7.87. The van der Waals surface area contributed by atoms with Gasteiger partial charge in [0.05, 0.1) is 5.56 Å². The summed E-state index contributed by atoms with van der Waals surface area (Å²) in [4.78, 5) is 0. The van der Waals surface area contributed by atoms with E-state index in [-0.39, 0.29) is 11.3 Å². The van der Waals surface area contributed by atoms with Crippen molar-refractivity contribution in [1.29, 1.82) is 0 Å². The van der Waals surface area contributed by atoms with Crippen LogP contribution in [0.3, 0.4) is 0 Å². The zero-order valence-corrected chi connectivity index (χ0v) is 9.90. The van der Waals surface area contributed by atoms with Gasteiger partial charge in [-0.15, -0.1) is 0 Å². The number of hydrogen-bond donors (Lipinski definition) is 1. The van der Waals surface area contributed by atoms with Gasteiger partial charge in [-0.1, -0.05) is 12.1 Å². The second-order valence-corrected chi connectivity index (χ2v) is 5.06. The molecule has 0 amide bonds. The second kappa shape index (κ2) is 4.42. The van der Waals surface area contributed by atoms with E-state index in [1.54, 1.807) is 0 Å². The highest BCUT2D eigenvalue weighted by Gasteiger charge is 2.49. The van der Waals surface area contributed by atoms with Crippen molar-refractivity contribution in [2.24, 2.45) is 0 Å². The molecule has 1 aliphatic rings. The molecule has 9 heteroatoms. The number of halogens is 3. The number of rotatable bonds is 2. The van der Waals surface area contributed by atoms with E-state index in [0.717, 1.165) is 6.08 Å². The first-order chi connectivity index (χ1) is 8.71. The van der Waals surface area contributed by atoms with Crippen molar-refractivity contribution in [2.45, 2.75) is 11.8 Å². The van der Waals surface area contributed by atoms with Crippen LogP contribution in [-0.4, -0.2) is 25.3 Å². The van der Waals surface area contributed by atoms with Crippen LogP contribution in [-0.2, 0) is 14.3 Å². The van der Waals surface area contributed by atoms with Crippen LogP contribution < -0.4 is 4.74 Å². The fourth-order valence-corrected chi connectivity index (χ4v) is 1.87. The van der Waals surface area contributed by atoms with Gasteiger partial charge in [0.25, 0.3) is 0 Å². The summed E-state index contributed by atoms with van der Waals surface area (Å²) in [5, 5.41) is 9.27. The third kappa shape index (κ3) is 2.66. The zero-order valence-electron chi connectivity index (χ0n) is 9.09. The molecule has 104 valence electrons. The summed E-state index contributed by atoms with van der Waals surface area (Å²) in [7, 11) is -5.80. The fraction of sp³-hybridized carbons (Fsp3) is 0.200. The summed E-state index contributed by atoms with van der Waals surface area (Å²) in [5.74, 6) is -0.614. The molecule has 1 atom stereocenters. The summed E-state index contributed by atoms with van der Waals surface area (Å²) in [6, 6.07) is 5.62. The highest BCUT2D eigenvalue weighted by Crippen LogP contribution is 2.36. The van der Waals surface area contributed by atoms with Gasteiger partial charge in [-0.3, -0.25) is 0 Å². The molecule has 0 fully saturated rings. The minimum absolute atomic E-state index is 0.000579. The Morgan fingerprint density at radius 2 is 1.89 bits per heavy atom. The standard InChI is InChI=1S/C10H7F3O5S/c11-10(12,13)19(15,16)18-8-5-9(14)17-7-4-2-1-3-6(7)8/h1-5,9,14H. The van der Waals surface area contributed by atoms with E-state index in [9.17, 15) is 26.7 Å². The van der Waals surface area contributed by atoms with Crippen molar-refractivity contribution in [1.82, 2.24) is 0 Å². The summed E-state index contributed by atoms with van der Waals surface area (Å²) >= 11 is 0. The van der Waals surface area contributed by atoms with Crippen LogP contribution in [0, 0.1) is 0 Å². The number of alkyl halides is 3. The average Bonchev–Trinajstić information content (AvgIpc) is 2.26. The van der Waals surface area contributed by atoms with Gasteiger partial charge in [0, 0.05) is 6.08 Å². The molecule has 0 bridgehead atoms. The SMILES string of the molecule is O=S(=O)(OC1=CC(O)Oc2ccccc21)C(F)(F)F. The minimum atomic E-state index is -5.80. The minimum Gasteiger partial charge on any atom is -0.461 e. The lowest BCUT2D eigenvalue weighted by atomic mass is 10.1. The van der Waals surface area contributed by atoms with Crippen LogP contribution in [0.4, 0.5) is 13.2 Å². The number of aliphatic hydroxyl groups is 1. The van der Waals surface area contributed by atoms with Crippen molar-refractivity contribution in [2.75, 3.05) is 0 Å². The number of ether oxygens (including phenoxy) is 1. The quantitative estimate of drug-likeness (QED) is 0.663. The zero-order chi connectivity index (χ0) is 14.3. The summed E-state index contributed by atoms with van der Waals surface area (Å²) in [6.45, 7) is 0. The number of aliphatic hydroxyl groups excluding tert-OH is 1. The Balaban J connectivity index is 2.41. The summed E-state index contributed by atoms with van der Waals surface area (Å²) < 4.78 is 67.4. The smallest absolute Gasteiger partial charge is 0.461 e. The molecule has 0 aromatic heterocycles. The lowest BCUT2D eigenvalue weighted by Crippen LogP contribution is -2.27. The maximum absolute atomic E-state index is 12.2. The van der Waals surface area contributed by atoms with Gasteiger partial charge in [-0.25, -0.2) is 0 Å². The monoisotopic (exact) mass is 296 g/mol. The van der Waals surface area contributed by atoms with E-state index >= 15 is 0 Å². The van der Waals surface area contributed by atoms with E-state index in [4.69, 9.17) is 4.74 Å². The van der Waals surface area contributed by atoms with E-state index in [1.165, 1.54) is 24.3 Å². The Hall–Kier alpha value is -1.74. The summed E-state index contributed by atoms with van der Waals surface area (Å²) in [5.41, 5.74) is -5.55. The molecule has 5 nitrogen and oxygen atoms in total. The van der Waals surface area contributed by atoms with Gasteiger partial charge in [-0.05, 0) is 12.1 Å². The first kappa shape index (κ1) is 13.7. The molecule has 2 rings (SSSR count). The summed E-state index contributed by atoms with van der Waals surface area (Å²) in [6.07, 6.45) is -0.862. The van der Waals surface area contributed by atoms with Crippen LogP contribution in [0.1, 0.15) is 5.56 Å². The van der Waals surface area contributed by atoms with Crippen LogP contribution >= 0.6 is 0 Å². The van der Waals surface area contributed by atoms with E-state index in [2.05, 4.69) is 4.18 Å². The Bertz CT molecular complexity index is 620. The molecule has 1 unspecified atom stereocenters. The van der Waals surface area contributed by atoms with Crippen LogP contribution in [0.5, 0.6) is 5.75 Å². The number of hydrogen-bond acceptors (Lipinski definition) is 5. The van der Waals surface area contributed by atoms with Gasteiger partial charge in [-0.2, -0.15) is 21.6 Å². The third-order valence-corrected chi connectivity index (χ3v) is 3.14. The van der Waals surface area contributed by atoms with Crippen LogP contribution in [0.2, 0.25) is 0 Å². The molecule has 1 aliphatic heterocycles. The maximum Gasteiger partial charge on any atom is 0.534 e. The predicted octanol–water partition coefficient (Wildman–Crippen LogP) is 1.60. The van der Waals surface area contributed by atoms with E-state index in [0.29, 0.717) is 0 Å². The average molecular weight is 296 g/mol. The first-order valence-corrected chi connectivity index (χ1v) is 6.28. The molecule has 0 spiro atoms. The highest BCUT2D eigenvalue weighted by atomic mass is 32.2. The van der Waals surface area contributed by atoms with Gasteiger partial charge in [0.15, 0.2) is 5.76 Å². The van der Waals surface area contributed by atoms with Crippen molar-refractivity contribution < 1.29 is 35.6 Å². The van der Waals surface area contributed by atoms with Gasteiger partial charge in [0.1, 0.15) is 5.75 Å². The van der Waals surface area contributed by atoms with Crippen molar-refractivity contribution >= 4 is 15.9 Å². The number of benzene rings is 1. The topological polar surface area (TPSA) is 72.8 Å². The van der Waals surface area contributed by atoms with Crippen molar-refractivity contribution in [3.05, 3.63) is 35.9 Å². The predicted molar refractivity (Wildman–Crippen MR) is 57.1 cm³/mol. The normalized spacial score (nSPS) is 19.2. The van der Waals surface area contributed by atoms with Crippen molar-refractivity contribution in [3.8, 4) is 5.75 Å². The second-order valence-electron chi connectivity index (χ2n) is 3.52. The molecule has 0 radical (unpaired) electrons. The Labute approximate surface area is 106 Å². The Kier molecular flexibility index (Phi) is 3.19. The largest absolute Gasteiger partial charge is 0.534 e. The lowest BCUT2D eigenvalue weighted by molar-refractivity contribution is -0.0512. The van der Waals surface area contributed by atoms with Crippen molar-refractivity contribution in [3.63, 3.8) is 0 Å². The maximum atomic E-state index is 12.2. The molecule has 1 N–H and O–H groups in total. The number of para-hydroxylation sites is 1. The molecule has 1 aromatic carbocycles. The van der Waals surface area contributed by atoms with Gasteiger partial charge in [0.2, 0.25) is 6.29 Å². The van der Waals surface area contributed by atoms with Crippen LogP contribution in [0.15, 0.2) is 30.3 Å². The molecule has 0 saturated heterocycles.